The lowest BCUT2D eigenvalue weighted by Gasteiger charge is -2.13. The Morgan fingerprint density at radius 1 is 0.538 bits per heavy atom. The number of carboxylic acids is 1. The maximum absolute atomic E-state index is 12.6. The summed E-state index contributed by atoms with van der Waals surface area (Å²) in [6.45, 7) is 4.47. The summed E-state index contributed by atoms with van der Waals surface area (Å²) in [4.78, 5) is 36.6. The molecule has 0 aromatic heterocycles. The third-order valence-electron chi connectivity index (χ3n) is 7.33. The monoisotopic (exact) mass is 544 g/mol. The van der Waals surface area contributed by atoms with E-state index in [0.29, 0.717) is 24.2 Å². The van der Waals surface area contributed by atoms with Gasteiger partial charge < -0.3 is 15.7 Å². The number of aromatic carboxylic acids is 1. The number of unbranched alkanes of at least 4 members (excludes halogenated alkanes) is 18. The molecule has 6 nitrogen and oxygen atoms in total. The third kappa shape index (κ3) is 18.5. The van der Waals surface area contributed by atoms with Crippen LogP contribution in [0, 0.1) is 0 Å². The van der Waals surface area contributed by atoms with Gasteiger partial charge in [0, 0.05) is 12.8 Å². The van der Waals surface area contributed by atoms with Crippen molar-refractivity contribution >= 4 is 29.2 Å². The Morgan fingerprint density at radius 2 is 0.897 bits per heavy atom. The SMILES string of the molecule is CCCCCCCCCCCCC(=O)Nc1ccc(C(=O)O)cc1NC(=O)CCCCCCCCCCCC. The summed E-state index contributed by atoms with van der Waals surface area (Å²) >= 11 is 0. The van der Waals surface area contributed by atoms with Crippen LogP contribution in [0.2, 0.25) is 0 Å². The van der Waals surface area contributed by atoms with Gasteiger partial charge >= 0.3 is 5.97 Å². The molecule has 0 saturated carbocycles. The molecule has 0 aliphatic heterocycles. The Hall–Kier alpha value is -2.37. The van der Waals surface area contributed by atoms with E-state index in [4.69, 9.17) is 0 Å². The van der Waals surface area contributed by atoms with E-state index in [1.54, 1.807) is 6.07 Å². The van der Waals surface area contributed by atoms with Crippen LogP contribution < -0.4 is 10.6 Å². The molecule has 0 aliphatic carbocycles. The van der Waals surface area contributed by atoms with Gasteiger partial charge in [-0.05, 0) is 31.0 Å². The summed E-state index contributed by atoms with van der Waals surface area (Å²) in [5.74, 6) is -1.33. The Morgan fingerprint density at radius 3 is 1.28 bits per heavy atom. The summed E-state index contributed by atoms with van der Waals surface area (Å²) in [7, 11) is 0. The molecule has 6 heteroatoms. The second-order valence-electron chi connectivity index (χ2n) is 11.0. The average molecular weight is 545 g/mol. The fourth-order valence-corrected chi connectivity index (χ4v) is 4.86. The smallest absolute Gasteiger partial charge is 0.335 e. The Kier molecular flexibility index (Phi) is 20.9. The van der Waals surface area contributed by atoms with Crippen LogP contribution in [-0.4, -0.2) is 22.9 Å². The van der Waals surface area contributed by atoms with Crippen LogP contribution in [0.3, 0.4) is 0 Å². The maximum atomic E-state index is 12.6. The Bertz CT molecular complexity index is 809. The predicted octanol–water partition coefficient (Wildman–Crippen LogP) is 9.88. The van der Waals surface area contributed by atoms with E-state index >= 15 is 0 Å². The minimum atomic E-state index is -1.07. The molecule has 0 bridgehead atoms. The molecule has 0 heterocycles. The molecule has 0 aliphatic rings. The van der Waals surface area contributed by atoms with Crippen molar-refractivity contribution in [2.24, 2.45) is 0 Å². The molecule has 1 aromatic carbocycles. The normalized spacial score (nSPS) is 10.9. The van der Waals surface area contributed by atoms with E-state index in [1.165, 1.54) is 102 Å². The highest BCUT2D eigenvalue weighted by Gasteiger charge is 2.13. The maximum Gasteiger partial charge on any atom is 0.335 e. The number of nitrogens with one attached hydrogen (secondary N) is 2. The highest BCUT2D eigenvalue weighted by Crippen LogP contribution is 2.25. The zero-order chi connectivity index (χ0) is 28.6. The van der Waals surface area contributed by atoms with Gasteiger partial charge in [-0.2, -0.15) is 0 Å². The van der Waals surface area contributed by atoms with Crippen LogP contribution in [0.15, 0.2) is 18.2 Å². The number of carboxylic acid groups (broad SMARTS) is 1. The van der Waals surface area contributed by atoms with Crippen LogP contribution in [0.5, 0.6) is 0 Å². The molecular formula is C33H56N2O4. The van der Waals surface area contributed by atoms with Crippen LogP contribution in [0.4, 0.5) is 11.4 Å². The van der Waals surface area contributed by atoms with Crippen molar-refractivity contribution in [3.63, 3.8) is 0 Å². The van der Waals surface area contributed by atoms with E-state index in [-0.39, 0.29) is 17.4 Å². The van der Waals surface area contributed by atoms with Gasteiger partial charge in [0.05, 0.1) is 16.9 Å². The predicted molar refractivity (Wildman–Crippen MR) is 164 cm³/mol. The molecular weight excluding hydrogens is 488 g/mol. The molecule has 1 aromatic rings. The average Bonchev–Trinajstić information content (AvgIpc) is 2.91. The lowest BCUT2D eigenvalue weighted by molar-refractivity contribution is -0.117. The highest BCUT2D eigenvalue weighted by molar-refractivity contribution is 6.01. The molecule has 0 fully saturated rings. The van der Waals surface area contributed by atoms with Gasteiger partial charge in [0.25, 0.3) is 0 Å². The first-order valence-corrected chi connectivity index (χ1v) is 15.9. The first-order chi connectivity index (χ1) is 19.0. The second kappa shape index (κ2) is 23.5. The largest absolute Gasteiger partial charge is 0.478 e. The van der Waals surface area contributed by atoms with Crippen LogP contribution in [-0.2, 0) is 9.59 Å². The van der Waals surface area contributed by atoms with Crippen LogP contribution >= 0.6 is 0 Å². The minimum Gasteiger partial charge on any atom is -0.478 e. The van der Waals surface area contributed by atoms with Crippen molar-refractivity contribution < 1.29 is 19.5 Å². The lowest BCUT2D eigenvalue weighted by atomic mass is 10.1. The standard InChI is InChI=1S/C33H56N2O4/c1-3-5-7-9-11-13-15-17-19-21-23-31(36)34-29-26-25-28(33(38)39)27-30(29)35-32(37)24-22-20-18-16-14-12-10-8-6-4-2/h25-27H,3-24H2,1-2H3,(H,34,36)(H,35,37)(H,38,39). The van der Waals surface area contributed by atoms with E-state index in [9.17, 15) is 19.5 Å². The molecule has 0 unspecified atom stereocenters. The van der Waals surface area contributed by atoms with Crippen molar-refractivity contribution in [2.45, 2.75) is 155 Å². The van der Waals surface area contributed by atoms with E-state index in [2.05, 4.69) is 24.5 Å². The van der Waals surface area contributed by atoms with Crippen molar-refractivity contribution in [3.8, 4) is 0 Å². The number of hydrogen-bond donors (Lipinski definition) is 3. The summed E-state index contributed by atoms with van der Waals surface area (Å²) in [5.41, 5.74) is 0.883. The van der Waals surface area contributed by atoms with Gasteiger partial charge in [0.2, 0.25) is 11.8 Å². The molecule has 0 radical (unpaired) electrons. The number of hydrogen-bond acceptors (Lipinski definition) is 3. The van der Waals surface area contributed by atoms with Crippen LogP contribution in [0.1, 0.15) is 165 Å². The van der Waals surface area contributed by atoms with Gasteiger partial charge in [0.1, 0.15) is 0 Å². The van der Waals surface area contributed by atoms with Gasteiger partial charge in [-0.25, -0.2) is 4.79 Å². The van der Waals surface area contributed by atoms with Crippen molar-refractivity contribution in [1.29, 1.82) is 0 Å². The number of benzene rings is 1. The lowest BCUT2D eigenvalue weighted by Crippen LogP contribution is -2.17. The zero-order valence-corrected chi connectivity index (χ0v) is 25.0. The van der Waals surface area contributed by atoms with Crippen molar-refractivity contribution in [1.82, 2.24) is 0 Å². The molecule has 222 valence electrons. The summed E-state index contributed by atoms with van der Waals surface area (Å²) < 4.78 is 0. The van der Waals surface area contributed by atoms with E-state index in [0.717, 1.165) is 38.5 Å². The summed E-state index contributed by atoms with van der Waals surface area (Å²) in [6, 6.07) is 4.45. The van der Waals surface area contributed by atoms with Crippen LogP contribution in [0.25, 0.3) is 0 Å². The Labute approximate surface area is 238 Å². The fourth-order valence-electron chi connectivity index (χ4n) is 4.86. The number of anilines is 2. The highest BCUT2D eigenvalue weighted by atomic mass is 16.4. The van der Waals surface area contributed by atoms with Crippen molar-refractivity contribution in [2.75, 3.05) is 10.6 Å². The molecule has 39 heavy (non-hydrogen) atoms. The number of carbonyl (C=O) groups excluding carboxylic acids is 2. The molecule has 0 spiro atoms. The number of carbonyl (C=O) groups is 3. The summed E-state index contributed by atoms with van der Waals surface area (Å²) in [6.07, 6.45) is 24.9. The third-order valence-corrected chi connectivity index (χ3v) is 7.33. The second-order valence-corrected chi connectivity index (χ2v) is 11.0. The van der Waals surface area contributed by atoms with Crippen molar-refractivity contribution in [3.05, 3.63) is 23.8 Å². The quantitative estimate of drug-likeness (QED) is 0.107. The van der Waals surface area contributed by atoms with Gasteiger partial charge in [-0.3, -0.25) is 9.59 Å². The molecule has 1 rings (SSSR count). The van der Waals surface area contributed by atoms with Gasteiger partial charge in [-0.1, -0.05) is 129 Å². The first kappa shape index (κ1) is 34.7. The Balaban J connectivity index is 2.36. The molecule has 0 atom stereocenters. The molecule has 3 N–H and O–H groups in total. The fraction of sp³-hybridized carbons (Fsp3) is 0.727. The summed E-state index contributed by atoms with van der Waals surface area (Å²) in [5, 5.41) is 15.1. The topological polar surface area (TPSA) is 95.5 Å². The van der Waals surface area contributed by atoms with Gasteiger partial charge in [0.15, 0.2) is 0 Å². The molecule has 0 saturated heterocycles. The van der Waals surface area contributed by atoms with E-state index in [1.807, 2.05) is 0 Å². The minimum absolute atomic E-state index is 0.0805. The van der Waals surface area contributed by atoms with E-state index < -0.39 is 5.97 Å². The van der Waals surface area contributed by atoms with Gasteiger partial charge in [-0.15, -0.1) is 0 Å². The first-order valence-electron chi connectivity index (χ1n) is 15.9. The zero-order valence-electron chi connectivity index (χ0n) is 25.0. The number of rotatable bonds is 25. The number of amides is 2. The molecule has 2 amide bonds.